The van der Waals surface area contributed by atoms with E-state index in [1.165, 1.54) is 0 Å². The van der Waals surface area contributed by atoms with Crippen molar-refractivity contribution >= 4 is 18.7 Å². The van der Waals surface area contributed by atoms with E-state index in [0.717, 1.165) is 36.1 Å². The van der Waals surface area contributed by atoms with Gasteiger partial charge in [-0.15, -0.1) is 0 Å². The quantitative estimate of drug-likeness (QED) is 0.623. The van der Waals surface area contributed by atoms with Crippen LogP contribution in [0.2, 0.25) is 5.04 Å². The Hall–Kier alpha value is -1.94. The van der Waals surface area contributed by atoms with Crippen molar-refractivity contribution in [2.45, 2.75) is 44.6 Å². The summed E-state index contributed by atoms with van der Waals surface area (Å²) >= 11 is 0. The van der Waals surface area contributed by atoms with Crippen LogP contribution in [-0.2, 0) is 0 Å². The van der Waals surface area contributed by atoms with E-state index >= 15 is 0 Å². The summed E-state index contributed by atoms with van der Waals surface area (Å²) in [6.07, 6.45) is 12.9. The zero-order valence-electron chi connectivity index (χ0n) is 18.2. The fraction of sp³-hybridized carbons (Fsp3) is 0.407. The summed E-state index contributed by atoms with van der Waals surface area (Å²) in [5.74, 6) is 0.979. The number of aliphatic hydroxyl groups is 1. The molecule has 2 aliphatic carbocycles. The Morgan fingerprint density at radius 2 is 1.57 bits per heavy atom. The first-order chi connectivity index (χ1) is 14.4. The third-order valence-corrected chi connectivity index (χ3v) is 12.3. The van der Waals surface area contributed by atoms with Crippen LogP contribution in [0.1, 0.15) is 39.5 Å². The molecule has 0 spiro atoms. The summed E-state index contributed by atoms with van der Waals surface area (Å²) in [5, 5.41) is 12.2. The third-order valence-electron chi connectivity index (χ3n) is 7.77. The van der Waals surface area contributed by atoms with Gasteiger partial charge >= 0.3 is 0 Å². The minimum Gasteiger partial charge on any atom is -0.424 e. The van der Waals surface area contributed by atoms with Crippen molar-refractivity contribution in [3.63, 3.8) is 0 Å². The largest absolute Gasteiger partial charge is 0.424 e. The number of hydrogen-bond donors (Lipinski definition) is 2. The van der Waals surface area contributed by atoms with Crippen molar-refractivity contribution in [3.8, 4) is 0 Å². The number of rotatable bonds is 8. The molecule has 3 atom stereocenters. The van der Waals surface area contributed by atoms with Gasteiger partial charge in [0.15, 0.2) is 0 Å². The maximum atomic E-state index is 12.3. The highest BCUT2D eigenvalue weighted by Gasteiger charge is 2.58. The average molecular weight is 419 g/mol. The van der Waals surface area contributed by atoms with Gasteiger partial charge in [-0.25, -0.2) is 0 Å². The van der Waals surface area contributed by atoms with Crippen molar-refractivity contribution in [2.24, 2.45) is 17.3 Å². The van der Waals surface area contributed by atoms with E-state index in [4.69, 9.17) is 0 Å². The molecule has 2 aliphatic rings. The highest BCUT2D eigenvalue weighted by atomic mass is 28.4. The Kier molecular flexibility index (Phi) is 5.89. The fourth-order valence-corrected chi connectivity index (χ4v) is 9.34. The molecule has 0 heterocycles. The Bertz CT molecular complexity index is 863. The van der Waals surface area contributed by atoms with Crippen LogP contribution in [-0.4, -0.2) is 24.8 Å². The van der Waals surface area contributed by atoms with Gasteiger partial charge in [0.2, 0.25) is 0 Å². The van der Waals surface area contributed by atoms with Gasteiger partial charge < -0.3 is 9.90 Å². The molecule has 3 heteroatoms. The van der Waals surface area contributed by atoms with Crippen molar-refractivity contribution in [1.29, 1.82) is 0 Å². The lowest BCUT2D eigenvalue weighted by Gasteiger charge is -2.41. The molecular weight excluding hydrogens is 384 g/mol. The highest BCUT2D eigenvalue weighted by molar-refractivity contribution is 6.98. The predicted molar refractivity (Wildman–Crippen MR) is 127 cm³/mol. The van der Waals surface area contributed by atoms with Crippen LogP contribution >= 0.6 is 0 Å². The molecule has 2 aromatic carbocycles. The van der Waals surface area contributed by atoms with E-state index < -0.39 is 8.32 Å². The van der Waals surface area contributed by atoms with Crippen LogP contribution in [0, 0.1) is 17.3 Å². The molecule has 1 saturated carbocycles. The molecule has 1 unspecified atom stereocenters. The lowest BCUT2D eigenvalue weighted by atomic mass is 9.82. The van der Waals surface area contributed by atoms with E-state index in [9.17, 15) is 9.90 Å². The SMILES string of the molecule is CC(C)(CC[C@@H]1C[C@@]1(CO)C1C=CC=CC1)[Si](O)(c1ccccc1)c1ccccc1. The van der Waals surface area contributed by atoms with Gasteiger partial charge in [-0.1, -0.05) is 98.8 Å². The molecule has 0 amide bonds. The van der Waals surface area contributed by atoms with Crippen molar-refractivity contribution in [3.05, 3.63) is 85.0 Å². The second kappa shape index (κ2) is 8.30. The van der Waals surface area contributed by atoms with Crippen molar-refractivity contribution in [1.82, 2.24) is 0 Å². The predicted octanol–water partition coefficient (Wildman–Crippen LogP) is 4.43. The molecule has 2 N–H and O–H groups in total. The normalized spacial score (nSPS) is 26.0. The van der Waals surface area contributed by atoms with Gasteiger partial charge in [-0.3, -0.25) is 0 Å². The second-order valence-corrected chi connectivity index (χ2v) is 13.7. The summed E-state index contributed by atoms with van der Waals surface area (Å²) < 4.78 is 0. The van der Waals surface area contributed by atoms with E-state index in [0.29, 0.717) is 11.8 Å². The number of aliphatic hydroxyl groups excluding tert-OH is 1. The molecule has 0 saturated heterocycles. The Morgan fingerprint density at radius 1 is 0.967 bits per heavy atom. The monoisotopic (exact) mass is 418 g/mol. The minimum atomic E-state index is -2.95. The summed E-state index contributed by atoms with van der Waals surface area (Å²) in [6.45, 7) is 4.75. The van der Waals surface area contributed by atoms with Crippen LogP contribution in [0.5, 0.6) is 0 Å². The van der Waals surface area contributed by atoms with E-state index in [1.54, 1.807) is 0 Å². The molecule has 0 aromatic heterocycles. The second-order valence-electron chi connectivity index (χ2n) is 9.81. The molecule has 4 rings (SSSR count). The minimum absolute atomic E-state index is 0.0382. The van der Waals surface area contributed by atoms with Gasteiger partial charge in [0.05, 0.1) is 0 Å². The van der Waals surface area contributed by atoms with Gasteiger partial charge in [-0.05, 0) is 52.9 Å². The van der Waals surface area contributed by atoms with E-state index in [2.05, 4.69) is 62.4 Å². The first kappa shape index (κ1) is 21.3. The molecule has 2 aromatic rings. The smallest absolute Gasteiger partial charge is 0.258 e. The van der Waals surface area contributed by atoms with E-state index in [1.807, 2.05) is 36.4 Å². The van der Waals surface area contributed by atoms with E-state index in [-0.39, 0.29) is 17.1 Å². The first-order valence-corrected chi connectivity index (χ1v) is 13.2. The van der Waals surface area contributed by atoms with Crippen molar-refractivity contribution in [2.75, 3.05) is 6.61 Å². The first-order valence-electron chi connectivity index (χ1n) is 11.2. The molecule has 1 fully saturated rings. The van der Waals surface area contributed by atoms with Gasteiger partial charge in [0, 0.05) is 12.0 Å². The molecule has 30 heavy (non-hydrogen) atoms. The van der Waals surface area contributed by atoms with Crippen LogP contribution in [0.4, 0.5) is 0 Å². The topological polar surface area (TPSA) is 40.5 Å². The molecule has 0 aliphatic heterocycles. The third kappa shape index (κ3) is 3.64. The highest BCUT2D eigenvalue weighted by Crippen LogP contribution is 2.62. The zero-order chi connectivity index (χ0) is 21.2. The lowest BCUT2D eigenvalue weighted by molar-refractivity contribution is 0.157. The Labute approximate surface area is 182 Å². The van der Waals surface area contributed by atoms with Crippen LogP contribution in [0.15, 0.2) is 85.0 Å². The van der Waals surface area contributed by atoms with Gasteiger partial charge in [0.25, 0.3) is 8.32 Å². The maximum Gasteiger partial charge on any atom is 0.258 e. The summed E-state index contributed by atoms with van der Waals surface area (Å²) in [5.41, 5.74) is 0.0382. The Balaban J connectivity index is 1.56. The number of allylic oxidation sites excluding steroid dienone is 4. The number of benzene rings is 2. The summed E-state index contributed by atoms with van der Waals surface area (Å²) in [6, 6.07) is 20.5. The number of hydrogen-bond acceptors (Lipinski definition) is 2. The van der Waals surface area contributed by atoms with Gasteiger partial charge in [0.1, 0.15) is 0 Å². The fourth-order valence-electron chi connectivity index (χ4n) is 5.58. The molecule has 158 valence electrons. The Morgan fingerprint density at radius 3 is 2.07 bits per heavy atom. The average Bonchev–Trinajstić information content (AvgIpc) is 3.54. The van der Waals surface area contributed by atoms with Crippen LogP contribution in [0.25, 0.3) is 0 Å². The maximum absolute atomic E-state index is 12.3. The summed E-state index contributed by atoms with van der Waals surface area (Å²) in [4.78, 5) is 12.3. The lowest BCUT2D eigenvalue weighted by Crippen LogP contribution is -2.65. The molecule has 0 bridgehead atoms. The molecular formula is C27H34O2Si. The zero-order valence-corrected chi connectivity index (χ0v) is 19.2. The molecule has 2 nitrogen and oxygen atoms in total. The van der Waals surface area contributed by atoms with Crippen molar-refractivity contribution < 1.29 is 9.90 Å². The van der Waals surface area contributed by atoms with Crippen LogP contribution < -0.4 is 10.4 Å². The van der Waals surface area contributed by atoms with Crippen LogP contribution in [0.3, 0.4) is 0 Å². The molecule has 0 radical (unpaired) electrons. The summed E-state index contributed by atoms with van der Waals surface area (Å²) in [7, 11) is -2.95. The van der Waals surface area contributed by atoms with Gasteiger partial charge in [-0.2, -0.15) is 0 Å². The standard InChI is InChI=1S/C27H34O2Si/c1-26(2,19-18-23-20-27(23,21-28)22-12-6-3-7-13-22)30(29,24-14-8-4-9-15-24)25-16-10-5-11-17-25/h3-12,14-17,22-23,28-29H,13,18-21H2,1-2H3/t22?,23-,27-/m1/s1.